The van der Waals surface area contributed by atoms with Crippen LogP contribution in [0.3, 0.4) is 0 Å². The molecule has 3 atom stereocenters. The van der Waals surface area contributed by atoms with Gasteiger partial charge in [0.1, 0.15) is 0 Å². The number of allylic oxidation sites excluding steroid dienone is 2. The molecule has 3 aliphatic rings. The number of ketones is 1. The Balaban J connectivity index is 2.19. The molecule has 3 unspecified atom stereocenters. The van der Waals surface area contributed by atoms with E-state index in [0.717, 1.165) is 5.92 Å². The maximum absolute atomic E-state index is 12.2. The van der Waals surface area contributed by atoms with Crippen LogP contribution < -0.4 is 0 Å². The summed E-state index contributed by atoms with van der Waals surface area (Å²) in [4.78, 5) is 12.2. The summed E-state index contributed by atoms with van der Waals surface area (Å²) in [6.45, 7) is 9.16. The fraction of sp³-hybridized carbons (Fsp3) is 0.800. The number of hydrogen-bond donors (Lipinski definition) is 0. The molecule has 0 N–H and O–H groups in total. The van der Waals surface area contributed by atoms with Crippen molar-refractivity contribution in [2.24, 2.45) is 28.1 Å². The molecule has 3 aliphatic carbocycles. The highest BCUT2D eigenvalue weighted by atomic mass is 16.1. The van der Waals surface area contributed by atoms with Crippen LogP contribution in [-0.4, -0.2) is 5.78 Å². The van der Waals surface area contributed by atoms with Gasteiger partial charge >= 0.3 is 0 Å². The van der Waals surface area contributed by atoms with Gasteiger partial charge in [-0.05, 0) is 48.0 Å². The van der Waals surface area contributed by atoms with Gasteiger partial charge in [0.05, 0.1) is 0 Å². The zero-order valence-electron chi connectivity index (χ0n) is 10.8. The van der Waals surface area contributed by atoms with Crippen molar-refractivity contribution in [3.63, 3.8) is 0 Å². The molecule has 0 radical (unpaired) electrons. The Labute approximate surface area is 98.3 Å². The Morgan fingerprint density at radius 2 is 1.94 bits per heavy atom. The van der Waals surface area contributed by atoms with Crippen LogP contribution in [0.5, 0.6) is 0 Å². The van der Waals surface area contributed by atoms with E-state index < -0.39 is 0 Å². The Morgan fingerprint density at radius 3 is 2.62 bits per heavy atom. The number of hydrogen-bond acceptors (Lipinski definition) is 1. The minimum atomic E-state index is -0.144. The molecule has 0 aliphatic heterocycles. The third kappa shape index (κ3) is 0.881. The number of fused-ring (bicyclic) bond motifs is 1. The van der Waals surface area contributed by atoms with Crippen LogP contribution in [0, 0.1) is 28.1 Å². The third-order valence-corrected chi connectivity index (χ3v) is 6.30. The van der Waals surface area contributed by atoms with Crippen LogP contribution >= 0.6 is 0 Å². The van der Waals surface area contributed by atoms with Gasteiger partial charge in [0.15, 0.2) is 5.78 Å². The van der Waals surface area contributed by atoms with Crippen molar-refractivity contribution in [2.75, 3.05) is 0 Å². The fourth-order valence-electron chi connectivity index (χ4n) is 4.99. The molecule has 16 heavy (non-hydrogen) atoms. The van der Waals surface area contributed by atoms with Crippen LogP contribution in [0.4, 0.5) is 0 Å². The molecule has 1 spiro atoms. The zero-order chi connectivity index (χ0) is 11.8. The van der Waals surface area contributed by atoms with Crippen molar-refractivity contribution < 1.29 is 4.79 Å². The van der Waals surface area contributed by atoms with Crippen molar-refractivity contribution in [2.45, 2.75) is 47.0 Å². The van der Waals surface area contributed by atoms with Gasteiger partial charge < -0.3 is 0 Å². The summed E-state index contributed by atoms with van der Waals surface area (Å²) in [7, 11) is 0. The number of carbonyl (C=O) groups excluding carboxylic acids is 1. The maximum atomic E-state index is 12.2. The summed E-state index contributed by atoms with van der Waals surface area (Å²) in [5.74, 6) is 1.79. The van der Waals surface area contributed by atoms with E-state index in [2.05, 4.69) is 33.8 Å². The van der Waals surface area contributed by atoms with Crippen molar-refractivity contribution in [1.82, 2.24) is 0 Å². The quantitative estimate of drug-likeness (QED) is 0.607. The minimum absolute atomic E-state index is 0.144. The summed E-state index contributed by atoms with van der Waals surface area (Å²) in [6.07, 6.45) is 7.95. The first-order valence-corrected chi connectivity index (χ1v) is 6.55. The first-order chi connectivity index (χ1) is 7.32. The average molecular weight is 218 g/mol. The van der Waals surface area contributed by atoms with Crippen LogP contribution in [0.1, 0.15) is 47.0 Å². The number of carbonyl (C=O) groups is 1. The molecule has 1 nitrogen and oxygen atoms in total. The molecule has 2 saturated carbocycles. The van der Waals surface area contributed by atoms with Gasteiger partial charge in [0.25, 0.3) is 0 Å². The van der Waals surface area contributed by atoms with E-state index in [1.807, 2.05) is 6.08 Å². The molecule has 88 valence electrons. The first-order valence-electron chi connectivity index (χ1n) is 6.55. The lowest BCUT2D eigenvalue weighted by atomic mass is 9.51. The minimum Gasteiger partial charge on any atom is -0.294 e. The Bertz CT molecular complexity index is 388. The monoisotopic (exact) mass is 218 g/mol. The topological polar surface area (TPSA) is 17.1 Å². The van der Waals surface area contributed by atoms with E-state index in [1.165, 1.54) is 19.3 Å². The van der Waals surface area contributed by atoms with E-state index in [4.69, 9.17) is 0 Å². The molecule has 0 amide bonds. The van der Waals surface area contributed by atoms with Crippen LogP contribution in [0.15, 0.2) is 12.2 Å². The highest BCUT2D eigenvalue weighted by Gasteiger charge is 2.68. The SMILES string of the molecule is CC1(C)C2CCC3(C2)C1C=CC(=O)C3(C)C. The molecule has 0 heterocycles. The lowest BCUT2D eigenvalue weighted by Gasteiger charge is -2.52. The molecule has 2 fully saturated rings. The van der Waals surface area contributed by atoms with Crippen molar-refractivity contribution in [1.29, 1.82) is 0 Å². The van der Waals surface area contributed by atoms with E-state index in [1.54, 1.807) is 0 Å². The summed E-state index contributed by atoms with van der Waals surface area (Å²) in [6, 6.07) is 0. The lowest BCUT2D eigenvalue weighted by molar-refractivity contribution is -0.134. The molecular weight excluding hydrogens is 196 g/mol. The molecule has 2 bridgehead atoms. The second kappa shape index (κ2) is 2.63. The third-order valence-electron chi connectivity index (χ3n) is 6.30. The highest BCUT2D eigenvalue weighted by Crippen LogP contribution is 2.73. The summed E-state index contributed by atoms with van der Waals surface area (Å²) >= 11 is 0. The molecule has 0 aromatic rings. The predicted molar refractivity (Wildman–Crippen MR) is 65.0 cm³/mol. The highest BCUT2D eigenvalue weighted by molar-refractivity contribution is 5.96. The van der Waals surface area contributed by atoms with Crippen molar-refractivity contribution >= 4 is 5.78 Å². The molecular formula is C15H22O. The van der Waals surface area contributed by atoms with Gasteiger partial charge in [-0.1, -0.05) is 33.8 Å². The normalized spacial score (nSPS) is 47.1. The Kier molecular flexibility index (Phi) is 1.73. The second-order valence-corrected chi connectivity index (χ2v) is 7.24. The molecule has 0 saturated heterocycles. The van der Waals surface area contributed by atoms with Crippen molar-refractivity contribution in [3.8, 4) is 0 Å². The maximum Gasteiger partial charge on any atom is 0.161 e. The largest absolute Gasteiger partial charge is 0.294 e. The first kappa shape index (κ1) is 10.6. The van der Waals surface area contributed by atoms with Gasteiger partial charge in [-0.15, -0.1) is 0 Å². The van der Waals surface area contributed by atoms with E-state index in [9.17, 15) is 4.79 Å². The predicted octanol–water partition coefficient (Wildman–Crippen LogP) is 3.59. The molecule has 0 aromatic heterocycles. The Morgan fingerprint density at radius 1 is 1.25 bits per heavy atom. The summed E-state index contributed by atoms with van der Waals surface area (Å²) in [5, 5.41) is 0. The van der Waals surface area contributed by atoms with Crippen molar-refractivity contribution in [3.05, 3.63) is 12.2 Å². The molecule has 0 aromatic carbocycles. The van der Waals surface area contributed by atoms with Gasteiger partial charge in [0, 0.05) is 5.41 Å². The van der Waals surface area contributed by atoms with Gasteiger partial charge in [-0.25, -0.2) is 0 Å². The smallest absolute Gasteiger partial charge is 0.161 e. The lowest BCUT2D eigenvalue weighted by Crippen LogP contribution is -2.50. The summed E-state index contributed by atoms with van der Waals surface area (Å²) in [5.41, 5.74) is 0.522. The van der Waals surface area contributed by atoms with Crippen LogP contribution in [0.2, 0.25) is 0 Å². The van der Waals surface area contributed by atoms with E-state index in [0.29, 0.717) is 17.1 Å². The Hall–Kier alpha value is -0.590. The second-order valence-electron chi connectivity index (χ2n) is 7.24. The molecule has 3 rings (SSSR count). The van der Waals surface area contributed by atoms with E-state index in [-0.39, 0.29) is 10.8 Å². The molecule has 1 heteroatoms. The van der Waals surface area contributed by atoms with Gasteiger partial charge in [-0.2, -0.15) is 0 Å². The standard InChI is InChI=1S/C15H22O/c1-13(2)10-7-8-15(9-10)11(13)5-6-12(16)14(15,3)4/h5-6,10-11H,7-9H2,1-4H3. The van der Waals surface area contributed by atoms with Gasteiger partial charge in [-0.3, -0.25) is 4.79 Å². The zero-order valence-corrected chi connectivity index (χ0v) is 10.8. The number of rotatable bonds is 0. The average Bonchev–Trinajstić information content (AvgIpc) is 2.69. The van der Waals surface area contributed by atoms with Crippen LogP contribution in [-0.2, 0) is 4.79 Å². The summed E-state index contributed by atoms with van der Waals surface area (Å²) < 4.78 is 0. The van der Waals surface area contributed by atoms with E-state index >= 15 is 0 Å². The van der Waals surface area contributed by atoms with Gasteiger partial charge in [0.2, 0.25) is 0 Å². The van der Waals surface area contributed by atoms with Crippen LogP contribution in [0.25, 0.3) is 0 Å². The fourth-order valence-corrected chi connectivity index (χ4v) is 4.99.